The fourth-order valence-electron chi connectivity index (χ4n) is 3.31. The third-order valence-corrected chi connectivity index (χ3v) is 6.86. The summed E-state index contributed by atoms with van der Waals surface area (Å²) in [6.07, 6.45) is 1.72. The monoisotopic (exact) mass is 429 g/mol. The van der Waals surface area contributed by atoms with Gasteiger partial charge in [0.15, 0.2) is 5.76 Å². The molecule has 0 atom stereocenters. The van der Waals surface area contributed by atoms with Gasteiger partial charge >= 0.3 is 0 Å². The molecular weight excluding hydrogens is 409 g/mol. The Morgan fingerprint density at radius 1 is 1.10 bits per heavy atom. The number of aromatic nitrogens is 1. The van der Waals surface area contributed by atoms with Crippen molar-refractivity contribution in [2.75, 3.05) is 13.1 Å². The summed E-state index contributed by atoms with van der Waals surface area (Å²) in [5.41, 5.74) is 1.06. The van der Waals surface area contributed by atoms with E-state index in [9.17, 15) is 17.6 Å². The third kappa shape index (κ3) is 4.12. The van der Waals surface area contributed by atoms with Crippen LogP contribution in [0.1, 0.15) is 28.9 Å². The lowest BCUT2D eigenvalue weighted by Crippen LogP contribution is -2.28. The topological polar surface area (TPSA) is 92.5 Å². The highest BCUT2D eigenvalue weighted by molar-refractivity contribution is 7.89. The van der Waals surface area contributed by atoms with E-state index < -0.39 is 15.8 Å². The second kappa shape index (κ2) is 8.37. The van der Waals surface area contributed by atoms with Gasteiger partial charge in [-0.2, -0.15) is 4.31 Å². The van der Waals surface area contributed by atoms with E-state index in [1.807, 2.05) is 0 Å². The van der Waals surface area contributed by atoms with Crippen LogP contribution < -0.4 is 5.32 Å². The molecule has 9 heteroatoms. The van der Waals surface area contributed by atoms with E-state index in [-0.39, 0.29) is 28.7 Å². The van der Waals surface area contributed by atoms with E-state index >= 15 is 0 Å². The van der Waals surface area contributed by atoms with E-state index in [1.54, 1.807) is 24.3 Å². The van der Waals surface area contributed by atoms with Crippen molar-refractivity contribution in [3.05, 3.63) is 71.7 Å². The summed E-state index contributed by atoms with van der Waals surface area (Å²) < 4.78 is 45.5. The fourth-order valence-corrected chi connectivity index (χ4v) is 4.83. The zero-order valence-corrected chi connectivity index (χ0v) is 16.9. The SMILES string of the molecule is O=C(NCc1cc(-c2ccccc2F)on1)c1ccc(S(=O)(=O)N2CCCC2)cc1. The molecule has 1 N–H and O–H groups in total. The Labute approximate surface area is 173 Å². The number of sulfonamides is 1. The summed E-state index contributed by atoms with van der Waals surface area (Å²) in [6, 6.07) is 13.6. The lowest BCUT2D eigenvalue weighted by Gasteiger charge is -2.15. The number of nitrogens with one attached hydrogen (secondary N) is 1. The van der Waals surface area contributed by atoms with Gasteiger partial charge in [-0.1, -0.05) is 17.3 Å². The average molecular weight is 429 g/mol. The highest BCUT2D eigenvalue weighted by atomic mass is 32.2. The number of halogens is 1. The first-order valence-corrected chi connectivity index (χ1v) is 11.0. The van der Waals surface area contributed by atoms with Gasteiger partial charge in [-0.25, -0.2) is 12.8 Å². The zero-order chi connectivity index (χ0) is 21.1. The molecule has 1 aliphatic rings. The van der Waals surface area contributed by atoms with Crippen molar-refractivity contribution in [2.45, 2.75) is 24.3 Å². The van der Waals surface area contributed by atoms with Crippen LogP contribution in [-0.2, 0) is 16.6 Å². The summed E-state index contributed by atoms with van der Waals surface area (Å²) in [5, 5.41) is 6.54. The Bertz CT molecular complexity index is 1150. The minimum Gasteiger partial charge on any atom is -0.356 e. The molecule has 156 valence electrons. The summed E-state index contributed by atoms with van der Waals surface area (Å²) in [6.45, 7) is 1.14. The Balaban J connectivity index is 1.39. The van der Waals surface area contributed by atoms with Gasteiger partial charge in [0.05, 0.1) is 17.0 Å². The second-order valence-corrected chi connectivity index (χ2v) is 8.92. The summed E-state index contributed by atoms with van der Waals surface area (Å²) in [5.74, 6) is -0.530. The molecular formula is C21H20FN3O4S. The van der Waals surface area contributed by atoms with Crippen LogP contribution in [0.25, 0.3) is 11.3 Å². The van der Waals surface area contributed by atoms with Crippen LogP contribution in [0, 0.1) is 5.82 Å². The Kier molecular flexibility index (Phi) is 5.65. The maximum atomic E-state index is 13.8. The fraction of sp³-hybridized carbons (Fsp3) is 0.238. The molecule has 4 rings (SSSR count). The van der Waals surface area contributed by atoms with Gasteiger partial charge in [0.25, 0.3) is 5.91 Å². The molecule has 0 bridgehead atoms. The molecule has 3 aromatic rings. The van der Waals surface area contributed by atoms with Crippen molar-refractivity contribution in [1.29, 1.82) is 0 Å². The maximum Gasteiger partial charge on any atom is 0.251 e. The van der Waals surface area contributed by atoms with Crippen molar-refractivity contribution >= 4 is 15.9 Å². The lowest BCUT2D eigenvalue weighted by molar-refractivity contribution is 0.0950. The Morgan fingerprint density at radius 3 is 2.50 bits per heavy atom. The van der Waals surface area contributed by atoms with Crippen LogP contribution in [0.3, 0.4) is 0 Å². The molecule has 0 saturated carbocycles. The number of benzene rings is 2. The van der Waals surface area contributed by atoms with Crippen LogP contribution >= 0.6 is 0 Å². The van der Waals surface area contributed by atoms with Crippen LogP contribution in [0.4, 0.5) is 4.39 Å². The summed E-state index contributed by atoms with van der Waals surface area (Å²) in [4.78, 5) is 12.5. The zero-order valence-electron chi connectivity index (χ0n) is 16.0. The maximum absolute atomic E-state index is 13.8. The van der Waals surface area contributed by atoms with Gasteiger partial charge in [-0.05, 0) is 49.2 Å². The molecule has 1 fully saturated rings. The number of carbonyl (C=O) groups excluding carboxylic acids is 1. The molecule has 2 heterocycles. The quantitative estimate of drug-likeness (QED) is 0.650. The van der Waals surface area contributed by atoms with E-state index in [0.29, 0.717) is 24.3 Å². The Morgan fingerprint density at radius 2 is 1.80 bits per heavy atom. The minimum atomic E-state index is -3.51. The van der Waals surface area contributed by atoms with E-state index in [4.69, 9.17) is 4.52 Å². The number of carbonyl (C=O) groups is 1. The van der Waals surface area contributed by atoms with Crippen LogP contribution in [0.15, 0.2) is 64.0 Å². The van der Waals surface area contributed by atoms with Crippen LogP contribution in [0.2, 0.25) is 0 Å². The third-order valence-electron chi connectivity index (χ3n) is 4.95. The highest BCUT2D eigenvalue weighted by Crippen LogP contribution is 2.23. The number of rotatable bonds is 6. The Hall–Kier alpha value is -3.04. The highest BCUT2D eigenvalue weighted by Gasteiger charge is 2.27. The molecule has 0 radical (unpaired) electrons. The predicted octanol–water partition coefficient (Wildman–Crippen LogP) is 3.20. The summed E-state index contributed by atoms with van der Waals surface area (Å²) in [7, 11) is -3.51. The van der Waals surface area contributed by atoms with Crippen LogP contribution in [-0.4, -0.2) is 36.9 Å². The van der Waals surface area contributed by atoms with Gasteiger partial charge in [-0.3, -0.25) is 4.79 Å². The van der Waals surface area contributed by atoms with Crippen molar-refractivity contribution in [2.24, 2.45) is 0 Å². The van der Waals surface area contributed by atoms with Gasteiger partial charge in [0, 0.05) is 24.7 Å². The van der Waals surface area contributed by atoms with E-state index in [2.05, 4.69) is 10.5 Å². The molecule has 0 unspecified atom stereocenters. The first-order chi connectivity index (χ1) is 14.4. The molecule has 1 aromatic heterocycles. The molecule has 30 heavy (non-hydrogen) atoms. The van der Waals surface area contributed by atoms with Crippen molar-refractivity contribution in [1.82, 2.24) is 14.8 Å². The average Bonchev–Trinajstić information content (AvgIpc) is 3.45. The second-order valence-electron chi connectivity index (χ2n) is 6.98. The molecule has 2 aromatic carbocycles. The molecule has 7 nitrogen and oxygen atoms in total. The first kappa shape index (κ1) is 20.2. The largest absolute Gasteiger partial charge is 0.356 e. The molecule has 1 amide bonds. The smallest absolute Gasteiger partial charge is 0.251 e. The first-order valence-electron chi connectivity index (χ1n) is 9.54. The van der Waals surface area contributed by atoms with E-state index in [0.717, 1.165) is 12.8 Å². The number of amides is 1. The number of hydrogen-bond acceptors (Lipinski definition) is 5. The van der Waals surface area contributed by atoms with Gasteiger partial charge in [0.1, 0.15) is 11.5 Å². The molecule has 0 aliphatic carbocycles. The molecule has 1 aliphatic heterocycles. The number of hydrogen-bond donors (Lipinski definition) is 1. The van der Waals surface area contributed by atoms with Crippen molar-refractivity contribution in [3.8, 4) is 11.3 Å². The molecule has 0 spiro atoms. The van der Waals surface area contributed by atoms with Crippen LogP contribution in [0.5, 0.6) is 0 Å². The van der Waals surface area contributed by atoms with E-state index in [1.165, 1.54) is 34.6 Å². The lowest BCUT2D eigenvalue weighted by atomic mass is 10.1. The summed E-state index contributed by atoms with van der Waals surface area (Å²) >= 11 is 0. The number of nitrogens with zero attached hydrogens (tertiary/aromatic N) is 2. The normalized spacial score (nSPS) is 14.7. The van der Waals surface area contributed by atoms with Crippen molar-refractivity contribution in [3.63, 3.8) is 0 Å². The minimum absolute atomic E-state index is 0.0879. The van der Waals surface area contributed by atoms with Gasteiger partial charge < -0.3 is 9.84 Å². The van der Waals surface area contributed by atoms with Gasteiger partial charge in [-0.15, -0.1) is 0 Å². The molecule has 1 saturated heterocycles. The standard InChI is InChI=1S/C21H20FN3O4S/c22-19-6-2-1-5-18(19)20-13-16(24-29-20)14-23-21(26)15-7-9-17(10-8-15)30(27,28)25-11-3-4-12-25/h1-2,5-10,13H,3-4,11-12,14H2,(H,23,26). The predicted molar refractivity (Wildman–Crippen MR) is 108 cm³/mol. The van der Waals surface area contributed by atoms with Crippen molar-refractivity contribution < 1.29 is 22.1 Å². The van der Waals surface area contributed by atoms with Gasteiger partial charge in [0.2, 0.25) is 10.0 Å².